The first-order valence-corrected chi connectivity index (χ1v) is 6.37. The first-order valence-electron chi connectivity index (χ1n) is 6.37. The Bertz CT molecular complexity index is 350. The van der Waals surface area contributed by atoms with Crippen molar-refractivity contribution in [2.24, 2.45) is 0 Å². The first kappa shape index (κ1) is 12.4. The molecule has 2 N–H and O–H groups in total. The summed E-state index contributed by atoms with van der Waals surface area (Å²) in [6.07, 6.45) is 2.70. The molecule has 0 amide bonds. The Labute approximate surface area is 104 Å². The molecule has 17 heavy (non-hydrogen) atoms. The Morgan fingerprint density at radius 2 is 2.24 bits per heavy atom. The second kappa shape index (κ2) is 6.03. The maximum absolute atomic E-state index is 5.21. The minimum atomic E-state index is 0.502. The van der Waals surface area contributed by atoms with Gasteiger partial charge < -0.3 is 15.4 Å². The Kier molecular flexibility index (Phi) is 4.40. The molecule has 0 saturated heterocycles. The molecule has 0 radical (unpaired) electrons. The van der Waals surface area contributed by atoms with E-state index in [0.29, 0.717) is 6.04 Å². The van der Waals surface area contributed by atoms with Crippen LogP contribution in [0, 0.1) is 0 Å². The molecule has 1 aliphatic rings. The fourth-order valence-corrected chi connectivity index (χ4v) is 1.78. The first-order chi connectivity index (χ1) is 8.28. The normalized spacial score (nSPS) is 16.8. The molecule has 1 saturated carbocycles. The maximum atomic E-state index is 5.21. The van der Waals surface area contributed by atoms with E-state index in [1.165, 1.54) is 18.4 Å². The second-order valence-corrected chi connectivity index (χ2v) is 4.82. The van der Waals surface area contributed by atoms with Gasteiger partial charge in [-0.3, -0.25) is 0 Å². The van der Waals surface area contributed by atoms with Gasteiger partial charge in [-0.2, -0.15) is 0 Å². The van der Waals surface area contributed by atoms with Crippen LogP contribution in [0.25, 0.3) is 0 Å². The van der Waals surface area contributed by atoms with Gasteiger partial charge in [0.25, 0.3) is 0 Å². The van der Waals surface area contributed by atoms with Crippen LogP contribution in [0.15, 0.2) is 24.3 Å². The fraction of sp³-hybridized carbons (Fsp3) is 0.571. The number of hydrogen-bond donors (Lipinski definition) is 2. The summed E-state index contributed by atoms with van der Waals surface area (Å²) >= 11 is 0. The fourth-order valence-electron chi connectivity index (χ4n) is 1.78. The molecule has 0 bridgehead atoms. The zero-order valence-electron chi connectivity index (χ0n) is 10.7. The molecule has 0 aromatic heterocycles. The van der Waals surface area contributed by atoms with Crippen molar-refractivity contribution in [3.05, 3.63) is 29.8 Å². The van der Waals surface area contributed by atoms with E-state index >= 15 is 0 Å². The third-order valence-electron chi connectivity index (χ3n) is 3.08. The van der Waals surface area contributed by atoms with Crippen molar-refractivity contribution < 1.29 is 4.74 Å². The number of benzene rings is 1. The van der Waals surface area contributed by atoms with Crippen LogP contribution >= 0.6 is 0 Å². The summed E-state index contributed by atoms with van der Waals surface area (Å²) in [5.41, 5.74) is 1.27. The monoisotopic (exact) mass is 234 g/mol. The van der Waals surface area contributed by atoms with Crippen LogP contribution in [0.5, 0.6) is 5.75 Å². The average molecular weight is 234 g/mol. The van der Waals surface area contributed by atoms with Crippen LogP contribution in [-0.4, -0.2) is 25.7 Å². The standard InChI is InChI=1S/C14H22N2O/c1-11(9-16-13-6-7-13)15-10-12-4-3-5-14(8-12)17-2/h3-5,8,11,13,15-16H,6-7,9-10H2,1-2H3. The van der Waals surface area contributed by atoms with Gasteiger partial charge in [-0.1, -0.05) is 12.1 Å². The molecule has 1 aromatic carbocycles. The minimum absolute atomic E-state index is 0.502. The summed E-state index contributed by atoms with van der Waals surface area (Å²) in [5, 5.41) is 7.04. The minimum Gasteiger partial charge on any atom is -0.497 e. The Hall–Kier alpha value is -1.06. The molecule has 1 unspecified atom stereocenters. The average Bonchev–Trinajstić information content (AvgIpc) is 3.18. The lowest BCUT2D eigenvalue weighted by molar-refractivity contribution is 0.413. The number of ether oxygens (including phenoxy) is 1. The number of rotatable bonds is 7. The van der Waals surface area contributed by atoms with Gasteiger partial charge in [-0.25, -0.2) is 0 Å². The smallest absolute Gasteiger partial charge is 0.119 e. The zero-order chi connectivity index (χ0) is 12.1. The molecule has 1 fully saturated rings. The van der Waals surface area contributed by atoms with E-state index in [2.05, 4.69) is 29.7 Å². The van der Waals surface area contributed by atoms with Crippen LogP contribution in [-0.2, 0) is 6.54 Å². The number of hydrogen-bond acceptors (Lipinski definition) is 3. The molecular weight excluding hydrogens is 212 g/mol. The molecule has 3 nitrogen and oxygen atoms in total. The van der Waals surface area contributed by atoms with Crippen LogP contribution in [0.1, 0.15) is 25.3 Å². The van der Waals surface area contributed by atoms with Crippen LogP contribution in [0.4, 0.5) is 0 Å². The topological polar surface area (TPSA) is 33.3 Å². The predicted molar refractivity (Wildman–Crippen MR) is 70.3 cm³/mol. The lowest BCUT2D eigenvalue weighted by Gasteiger charge is -2.14. The third-order valence-corrected chi connectivity index (χ3v) is 3.08. The van der Waals surface area contributed by atoms with Gasteiger partial charge in [-0.05, 0) is 37.5 Å². The van der Waals surface area contributed by atoms with Crippen molar-refractivity contribution in [2.45, 2.75) is 38.4 Å². The van der Waals surface area contributed by atoms with E-state index in [1.54, 1.807) is 7.11 Å². The molecular formula is C14H22N2O. The highest BCUT2D eigenvalue weighted by molar-refractivity contribution is 5.28. The van der Waals surface area contributed by atoms with Crippen molar-refractivity contribution in [1.29, 1.82) is 0 Å². The Morgan fingerprint density at radius 1 is 1.41 bits per heavy atom. The summed E-state index contributed by atoms with van der Waals surface area (Å²) in [6, 6.07) is 9.49. The molecule has 1 atom stereocenters. The van der Waals surface area contributed by atoms with Crippen molar-refractivity contribution in [3.63, 3.8) is 0 Å². The van der Waals surface area contributed by atoms with Crippen LogP contribution in [0.2, 0.25) is 0 Å². The molecule has 0 heterocycles. The summed E-state index contributed by atoms with van der Waals surface area (Å²) in [6.45, 7) is 4.16. The number of methoxy groups -OCH3 is 1. The van der Waals surface area contributed by atoms with Crippen molar-refractivity contribution in [2.75, 3.05) is 13.7 Å². The highest BCUT2D eigenvalue weighted by Gasteiger charge is 2.20. The Morgan fingerprint density at radius 3 is 2.94 bits per heavy atom. The van der Waals surface area contributed by atoms with Crippen molar-refractivity contribution in [1.82, 2.24) is 10.6 Å². The second-order valence-electron chi connectivity index (χ2n) is 4.82. The van der Waals surface area contributed by atoms with Gasteiger partial charge in [0.05, 0.1) is 7.11 Å². The third kappa shape index (κ3) is 4.36. The highest BCUT2D eigenvalue weighted by Crippen LogP contribution is 2.18. The van der Waals surface area contributed by atoms with Gasteiger partial charge in [0.2, 0.25) is 0 Å². The molecule has 1 aromatic rings. The van der Waals surface area contributed by atoms with E-state index in [-0.39, 0.29) is 0 Å². The highest BCUT2D eigenvalue weighted by atomic mass is 16.5. The SMILES string of the molecule is COc1cccc(CNC(C)CNC2CC2)c1. The van der Waals surface area contributed by atoms with Crippen molar-refractivity contribution >= 4 is 0 Å². The predicted octanol–water partition coefficient (Wildman–Crippen LogP) is 1.93. The van der Waals surface area contributed by atoms with Gasteiger partial charge in [0.1, 0.15) is 5.75 Å². The van der Waals surface area contributed by atoms with Gasteiger partial charge in [-0.15, -0.1) is 0 Å². The molecule has 1 aliphatic carbocycles. The maximum Gasteiger partial charge on any atom is 0.119 e. The summed E-state index contributed by atoms with van der Waals surface area (Å²) in [5.74, 6) is 0.924. The largest absolute Gasteiger partial charge is 0.497 e. The quantitative estimate of drug-likeness (QED) is 0.756. The molecule has 0 aliphatic heterocycles. The van der Waals surface area contributed by atoms with Crippen molar-refractivity contribution in [3.8, 4) is 5.75 Å². The molecule has 0 spiro atoms. The Balaban J connectivity index is 1.71. The summed E-state index contributed by atoms with van der Waals surface area (Å²) < 4.78 is 5.21. The van der Waals surface area contributed by atoms with E-state index in [1.807, 2.05) is 12.1 Å². The molecule has 3 heteroatoms. The lowest BCUT2D eigenvalue weighted by atomic mass is 10.2. The lowest BCUT2D eigenvalue weighted by Crippen LogP contribution is -2.36. The number of nitrogens with one attached hydrogen (secondary N) is 2. The van der Waals surface area contributed by atoms with Crippen LogP contribution < -0.4 is 15.4 Å². The zero-order valence-corrected chi connectivity index (χ0v) is 10.7. The summed E-state index contributed by atoms with van der Waals surface area (Å²) in [4.78, 5) is 0. The van der Waals surface area contributed by atoms with Gasteiger partial charge in [0.15, 0.2) is 0 Å². The van der Waals surface area contributed by atoms with E-state index in [0.717, 1.165) is 24.9 Å². The summed E-state index contributed by atoms with van der Waals surface area (Å²) in [7, 11) is 1.70. The van der Waals surface area contributed by atoms with E-state index in [4.69, 9.17) is 4.74 Å². The van der Waals surface area contributed by atoms with E-state index < -0.39 is 0 Å². The van der Waals surface area contributed by atoms with E-state index in [9.17, 15) is 0 Å². The van der Waals surface area contributed by atoms with Crippen LogP contribution in [0.3, 0.4) is 0 Å². The molecule has 94 valence electrons. The molecule has 2 rings (SSSR count). The van der Waals surface area contributed by atoms with Gasteiger partial charge in [0, 0.05) is 25.2 Å². The van der Waals surface area contributed by atoms with Gasteiger partial charge >= 0.3 is 0 Å².